The van der Waals surface area contributed by atoms with Gasteiger partial charge < -0.3 is 9.05 Å². The molecule has 22 heavy (non-hydrogen) atoms. The predicted octanol–water partition coefficient (Wildman–Crippen LogP) is 5.85. The van der Waals surface area contributed by atoms with Gasteiger partial charge in [0.1, 0.15) is 0 Å². The zero-order chi connectivity index (χ0) is 16.9. The first-order chi connectivity index (χ1) is 10.0. The highest BCUT2D eigenvalue weighted by molar-refractivity contribution is 7.65. The third kappa shape index (κ3) is 9.14. The third-order valence-electron chi connectivity index (χ3n) is 2.37. The van der Waals surface area contributed by atoms with Crippen molar-refractivity contribution in [2.75, 3.05) is 13.2 Å². The van der Waals surface area contributed by atoms with Gasteiger partial charge in [0.25, 0.3) is 0 Å². The molecule has 126 valence electrons. The molecule has 0 aliphatic heterocycles. The number of hydrogen-bond acceptors (Lipinski definition) is 3. The summed E-state index contributed by atoms with van der Waals surface area (Å²) in [5.41, 5.74) is 0. The minimum absolute atomic E-state index is 0.0140. The number of benzene rings is 1. The molecule has 3 nitrogen and oxygen atoms in total. The summed E-state index contributed by atoms with van der Waals surface area (Å²) in [5, 5.41) is 0.409. The van der Waals surface area contributed by atoms with E-state index in [1.807, 2.05) is 0 Å². The van der Waals surface area contributed by atoms with Crippen molar-refractivity contribution in [3.8, 4) is 0 Å². The van der Waals surface area contributed by atoms with Gasteiger partial charge in [0, 0.05) is 12.1 Å². The Morgan fingerprint density at radius 1 is 0.818 bits per heavy atom. The molecule has 0 saturated carbocycles. The second kappa shape index (κ2) is 9.30. The molecule has 1 rings (SSSR count). The molecule has 0 aliphatic carbocycles. The average Bonchev–Trinajstić information content (AvgIpc) is 2.36. The van der Waals surface area contributed by atoms with Crippen molar-refractivity contribution in [2.24, 2.45) is 0 Å². The molecule has 0 bridgehead atoms. The van der Waals surface area contributed by atoms with E-state index in [0.717, 1.165) is 0 Å². The molecule has 0 unspecified atom stereocenters. The zero-order valence-electron chi connectivity index (χ0n) is 11.2. The lowest BCUT2D eigenvalue weighted by Gasteiger charge is -2.20. The Bertz CT molecular complexity index is 484. The Kier molecular flexibility index (Phi) is 9.12. The predicted molar refractivity (Wildman–Crippen MR) is 102 cm³/mol. The summed E-state index contributed by atoms with van der Waals surface area (Å²) < 4.78 is 23.7. The van der Waals surface area contributed by atoms with Gasteiger partial charge in [0.15, 0.2) is 0 Å². The molecule has 1 aromatic carbocycles. The summed E-state index contributed by atoms with van der Waals surface area (Å²) in [6.45, 7) is 0.0280. The van der Waals surface area contributed by atoms with E-state index in [2.05, 4.69) is 0 Å². The third-order valence-corrected chi connectivity index (χ3v) is 9.29. The van der Waals surface area contributed by atoms with Gasteiger partial charge in [0.05, 0.1) is 18.5 Å². The van der Waals surface area contributed by atoms with Crippen LogP contribution in [0.4, 0.5) is 0 Å². The lowest BCUT2D eigenvalue weighted by Crippen LogP contribution is -2.18. The fourth-order valence-electron chi connectivity index (χ4n) is 1.36. The van der Waals surface area contributed by atoms with Gasteiger partial charge in [-0.1, -0.05) is 18.2 Å². The molecule has 1 aromatic rings. The quantitative estimate of drug-likeness (QED) is 0.252. The molecule has 0 spiro atoms. The van der Waals surface area contributed by atoms with E-state index in [1.54, 1.807) is 30.3 Å². The van der Waals surface area contributed by atoms with Crippen LogP contribution in [0, 0.1) is 0 Å². The van der Waals surface area contributed by atoms with Crippen LogP contribution in [-0.2, 0) is 13.6 Å². The smallest absolute Gasteiger partial charge is 0.305 e. The molecule has 0 radical (unpaired) electrons. The van der Waals surface area contributed by atoms with Gasteiger partial charge in [0.2, 0.25) is 0 Å². The van der Waals surface area contributed by atoms with Crippen LogP contribution >= 0.6 is 74.1 Å². The van der Waals surface area contributed by atoms with E-state index < -0.39 is 19.6 Å². The molecule has 0 atom stereocenters. The number of halogens is 6. The normalized spacial score (nSPS) is 13.4. The molecule has 0 heterocycles. The Hall–Kier alpha value is 1.54. The molecule has 0 saturated heterocycles. The molecular weight excluding hydrogens is 468 g/mol. The monoisotopic (exact) mass is 478 g/mol. The SMILES string of the molecule is O=P(OCC[Si](Cl)(Cl)Cl)(OCC[Si](Cl)(Cl)Cl)c1ccccc1. The number of hydrogen-bond donors (Lipinski definition) is 0. The van der Waals surface area contributed by atoms with Crippen LogP contribution in [0.1, 0.15) is 0 Å². The van der Waals surface area contributed by atoms with Crippen molar-refractivity contribution in [3.63, 3.8) is 0 Å². The molecule has 0 aliphatic rings. The summed E-state index contributed by atoms with van der Waals surface area (Å²) in [4.78, 5) is 0. The topological polar surface area (TPSA) is 35.5 Å². The second-order valence-electron chi connectivity index (χ2n) is 4.23. The molecule has 0 amide bonds. The van der Waals surface area contributed by atoms with Crippen LogP contribution in [0.15, 0.2) is 30.3 Å². The van der Waals surface area contributed by atoms with Crippen molar-refractivity contribution in [1.29, 1.82) is 0 Å². The van der Waals surface area contributed by atoms with Crippen molar-refractivity contribution in [3.05, 3.63) is 30.3 Å². The van der Waals surface area contributed by atoms with Gasteiger partial charge in [-0.05, 0) is 12.1 Å². The standard InChI is InChI=1S/C10H13Cl6O3PSi2/c11-21(12,13)8-6-18-20(17,10-4-2-1-3-5-10)19-7-9-22(14,15)16/h1-5H,6-9H2. The van der Waals surface area contributed by atoms with Crippen molar-refractivity contribution in [2.45, 2.75) is 12.1 Å². The Morgan fingerprint density at radius 2 is 1.23 bits per heavy atom. The highest BCUT2D eigenvalue weighted by Gasteiger charge is 2.33. The molecule has 0 fully saturated rings. The Labute approximate surface area is 159 Å². The van der Waals surface area contributed by atoms with E-state index in [-0.39, 0.29) is 25.3 Å². The first-order valence-electron chi connectivity index (χ1n) is 6.10. The first-order valence-corrected chi connectivity index (χ1v) is 18.1. The summed E-state index contributed by atoms with van der Waals surface area (Å²) in [6, 6.07) is 3.20. The minimum Gasteiger partial charge on any atom is -0.305 e. The van der Waals surface area contributed by atoms with Gasteiger partial charge >= 0.3 is 19.6 Å². The van der Waals surface area contributed by atoms with Crippen molar-refractivity contribution in [1.82, 2.24) is 0 Å². The Morgan fingerprint density at radius 3 is 1.59 bits per heavy atom. The van der Waals surface area contributed by atoms with Gasteiger partial charge in [-0.25, -0.2) is 0 Å². The zero-order valence-corrected chi connectivity index (χ0v) is 18.6. The summed E-state index contributed by atoms with van der Waals surface area (Å²) in [5.74, 6) is 0. The molecule has 0 aromatic heterocycles. The summed E-state index contributed by atoms with van der Waals surface area (Å²) in [7, 11) is -3.55. The minimum atomic E-state index is -3.55. The van der Waals surface area contributed by atoms with E-state index >= 15 is 0 Å². The second-order valence-corrected chi connectivity index (χ2v) is 24.8. The maximum atomic E-state index is 12.9. The molecule has 0 N–H and O–H groups in total. The van der Waals surface area contributed by atoms with Crippen LogP contribution in [-0.4, -0.2) is 25.2 Å². The lowest BCUT2D eigenvalue weighted by molar-refractivity contribution is 0.229. The van der Waals surface area contributed by atoms with Crippen molar-refractivity contribution >= 4 is 91.4 Å². The fourth-order valence-corrected chi connectivity index (χ4v) is 5.33. The van der Waals surface area contributed by atoms with Crippen LogP contribution in [0.3, 0.4) is 0 Å². The summed E-state index contributed by atoms with van der Waals surface area (Å²) >= 11 is 34.7. The van der Waals surface area contributed by atoms with E-state index in [9.17, 15) is 4.57 Å². The lowest BCUT2D eigenvalue weighted by atomic mass is 10.4. The van der Waals surface area contributed by atoms with Gasteiger partial charge in [-0.3, -0.25) is 4.57 Å². The number of rotatable bonds is 9. The maximum Gasteiger partial charge on any atom is 0.361 e. The van der Waals surface area contributed by atoms with Crippen LogP contribution in [0.25, 0.3) is 0 Å². The van der Waals surface area contributed by atoms with Crippen LogP contribution < -0.4 is 5.30 Å². The van der Waals surface area contributed by atoms with E-state index in [1.165, 1.54) is 0 Å². The average molecular weight is 481 g/mol. The summed E-state index contributed by atoms with van der Waals surface area (Å²) in [6.07, 6.45) is 0. The van der Waals surface area contributed by atoms with Crippen LogP contribution in [0.5, 0.6) is 0 Å². The molecular formula is C10H13Cl6O3PSi2. The highest BCUT2D eigenvalue weighted by atomic mass is 35.8. The van der Waals surface area contributed by atoms with Gasteiger partial charge in [-0.15, -0.1) is 66.5 Å². The Balaban J connectivity index is 2.75. The van der Waals surface area contributed by atoms with Gasteiger partial charge in [-0.2, -0.15) is 0 Å². The highest BCUT2D eigenvalue weighted by Crippen LogP contribution is 2.48. The fraction of sp³-hybridized carbons (Fsp3) is 0.400. The van der Waals surface area contributed by atoms with E-state index in [4.69, 9.17) is 75.5 Å². The van der Waals surface area contributed by atoms with Crippen molar-refractivity contribution < 1.29 is 13.6 Å². The first kappa shape index (κ1) is 21.6. The van der Waals surface area contributed by atoms with Crippen LogP contribution in [0.2, 0.25) is 12.1 Å². The molecule has 12 heteroatoms. The van der Waals surface area contributed by atoms with E-state index in [0.29, 0.717) is 5.30 Å². The maximum absolute atomic E-state index is 12.9. The largest absolute Gasteiger partial charge is 0.361 e.